The van der Waals surface area contributed by atoms with E-state index in [9.17, 15) is 14.0 Å². The second kappa shape index (κ2) is 8.58. The summed E-state index contributed by atoms with van der Waals surface area (Å²) in [5, 5.41) is 23.6. The van der Waals surface area contributed by atoms with Crippen molar-refractivity contribution in [1.29, 1.82) is 10.8 Å². The quantitative estimate of drug-likeness (QED) is 0.427. The molecule has 1 aliphatic heterocycles. The van der Waals surface area contributed by atoms with E-state index < -0.39 is 11.7 Å². The third kappa shape index (κ3) is 3.94. The Kier molecular flexibility index (Phi) is 5.67. The number of amides is 1. The van der Waals surface area contributed by atoms with Gasteiger partial charge < -0.3 is 9.64 Å². The molecule has 0 aliphatic carbocycles. The van der Waals surface area contributed by atoms with Gasteiger partial charge in [-0.05, 0) is 23.8 Å². The van der Waals surface area contributed by atoms with Crippen LogP contribution in [0.3, 0.4) is 0 Å². The lowest BCUT2D eigenvalue weighted by Gasteiger charge is -2.35. The molecule has 0 spiro atoms. The molecule has 1 saturated heterocycles. The Labute approximate surface area is 182 Å². The first-order chi connectivity index (χ1) is 15.4. The van der Waals surface area contributed by atoms with E-state index in [4.69, 9.17) is 15.6 Å². The molecular formula is C22H21FN6O3. The summed E-state index contributed by atoms with van der Waals surface area (Å²) in [5.74, 6) is -1.16. The summed E-state index contributed by atoms with van der Waals surface area (Å²) in [6, 6.07) is 11.2. The highest BCUT2D eigenvalue weighted by Gasteiger charge is 2.29. The van der Waals surface area contributed by atoms with Crippen LogP contribution in [0.25, 0.3) is 10.8 Å². The van der Waals surface area contributed by atoms with Gasteiger partial charge in [0.25, 0.3) is 17.5 Å². The summed E-state index contributed by atoms with van der Waals surface area (Å²) in [6.07, 6.45) is 0.298. The largest absolute Gasteiger partial charge is 0.468 e. The van der Waals surface area contributed by atoms with Crippen molar-refractivity contribution in [3.63, 3.8) is 0 Å². The van der Waals surface area contributed by atoms with Gasteiger partial charge >= 0.3 is 0 Å². The van der Waals surface area contributed by atoms with Gasteiger partial charge in [0.2, 0.25) is 0 Å². The standard InChI is InChI=1S/C22H21FN6O3/c1-32-22(25)29-9-8-28(12-19(29)24)21(31)16-10-13(6-7-17(16)23)11-18-14-4-2-3-5-15(14)20(30)27-26-18/h2-7,10,24-25H,8-9,11-12H2,1H3,(H,27,30). The van der Waals surface area contributed by atoms with Gasteiger partial charge in [-0.2, -0.15) is 5.10 Å². The monoisotopic (exact) mass is 436 g/mol. The third-order valence-corrected chi connectivity index (χ3v) is 5.39. The second-order valence-corrected chi connectivity index (χ2v) is 7.37. The Morgan fingerprint density at radius 2 is 1.97 bits per heavy atom. The van der Waals surface area contributed by atoms with Crippen molar-refractivity contribution in [3.05, 3.63) is 75.5 Å². The van der Waals surface area contributed by atoms with Crippen molar-refractivity contribution >= 4 is 28.5 Å². The zero-order valence-electron chi connectivity index (χ0n) is 17.3. The maximum absolute atomic E-state index is 14.5. The fourth-order valence-corrected chi connectivity index (χ4v) is 3.72. The van der Waals surface area contributed by atoms with Gasteiger partial charge in [-0.1, -0.05) is 24.3 Å². The Morgan fingerprint density at radius 3 is 2.69 bits per heavy atom. The Balaban J connectivity index is 1.58. The van der Waals surface area contributed by atoms with Crippen LogP contribution in [0.4, 0.5) is 4.39 Å². The number of nitrogens with one attached hydrogen (secondary N) is 3. The molecule has 0 saturated carbocycles. The molecule has 0 radical (unpaired) electrons. The van der Waals surface area contributed by atoms with E-state index in [2.05, 4.69) is 10.2 Å². The predicted octanol–water partition coefficient (Wildman–Crippen LogP) is 1.97. The van der Waals surface area contributed by atoms with Crippen molar-refractivity contribution in [2.75, 3.05) is 26.7 Å². The SMILES string of the molecule is COC(=N)N1CCN(C(=O)c2cc(Cc3n[nH]c(=O)c4ccccc34)ccc2F)CC1=N. The zero-order valence-corrected chi connectivity index (χ0v) is 17.3. The Hall–Kier alpha value is -4.08. The van der Waals surface area contributed by atoms with Crippen LogP contribution >= 0.6 is 0 Å². The van der Waals surface area contributed by atoms with Crippen LogP contribution in [0, 0.1) is 16.6 Å². The molecule has 2 heterocycles. The number of halogens is 1. The molecule has 1 aliphatic rings. The van der Waals surface area contributed by atoms with Crippen molar-refractivity contribution in [2.45, 2.75) is 6.42 Å². The number of nitrogens with zero attached hydrogens (tertiary/aromatic N) is 3. The molecule has 10 heteroatoms. The number of aromatic amines is 1. The van der Waals surface area contributed by atoms with Gasteiger partial charge in [0, 0.05) is 24.9 Å². The first kappa shape index (κ1) is 21.2. The molecule has 9 nitrogen and oxygen atoms in total. The summed E-state index contributed by atoms with van der Waals surface area (Å²) >= 11 is 0. The van der Waals surface area contributed by atoms with Crippen LogP contribution in [-0.4, -0.2) is 64.5 Å². The van der Waals surface area contributed by atoms with E-state index in [1.807, 2.05) is 6.07 Å². The lowest BCUT2D eigenvalue weighted by atomic mass is 10.0. The molecule has 32 heavy (non-hydrogen) atoms. The van der Waals surface area contributed by atoms with Gasteiger partial charge in [0.05, 0.1) is 30.3 Å². The third-order valence-electron chi connectivity index (χ3n) is 5.39. The van der Waals surface area contributed by atoms with E-state index in [0.29, 0.717) is 28.5 Å². The highest BCUT2D eigenvalue weighted by Crippen LogP contribution is 2.20. The number of H-pyrrole nitrogens is 1. The number of fused-ring (bicyclic) bond motifs is 1. The van der Waals surface area contributed by atoms with E-state index in [1.165, 1.54) is 29.0 Å². The zero-order chi connectivity index (χ0) is 22.8. The Morgan fingerprint density at radius 1 is 1.22 bits per heavy atom. The van der Waals surface area contributed by atoms with Crippen molar-refractivity contribution in [2.24, 2.45) is 0 Å². The van der Waals surface area contributed by atoms with Crippen LogP contribution in [0.2, 0.25) is 0 Å². The highest BCUT2D eigenvalue weighted by molar-refractivity contribution is 6.01. The molecule has 164 valence electrons. The fourth-order valence-electron chi connectivity index (χ4n) is 3.72. The van der Waals surface area contributed by atoms with E-state index in [-0.39, 0.29) is 42.6 Å². The first-order valence-corrected chi connectivity index (χ1v) is 9.90. The molecule has 1 aromatic heterocycles. The van der Waals surface area contributed by atoms with E-state index in [0.717, 1.165) is 0 Å². The van der Waals surface area contributed by atoms with Crippen LogP contribution in [0.15, 0.2) is 47.3 Å². The van der Waals surface area contributed by atoms with Crippen molar-refractivity contribution < 1.29 is 13.9 Å². The topological polar surface area (TPSA) is 126 Å². The molecule has 0 unspecified atom stereocenters. The van der Waals surface area contributed by atoms with Crippen LogP contribution < -0.4 is 5.56 Å². The van der Waals surface area contributed by atoms with Crippen molar-refractivity contribution in [1.82, 2.24) is 20.0 Å². The number of carbonyl (C=O) groups excluding carboxylic acids is 1. The first-order valence-electron chi connectivity index (χ1n) is 9.90. The summed E-state index contributed by atoms with van der Waals surface area (Å²) in [5.41, 5.74) is 0.884. The lowest BCUT2D eigenvalue weighted by Crippen LogP contribution is -2.54. The molecular weight excluding hydrogens is 415 g/mol. The van der Waals surface area contributed by atoms with E-state index >= 15 is 0 Å². The minimum absolute atomic E-state index is 0.0249. The number of aromatic nitrogens is 2. The number of rotatable bonds is 3. The number of ether oxygens (including phenoxy) is 1. The van der Waals surface area contributed by atoms with Gasteiger partial charge in [-0.15, -0.1) is 0 Å². The molecule has 2 aromatic carbocycles. The number of piperazine rings is 1. The molecule has 4 rings (SSSR count). The number of carbonyl (C=O) groups is 1. The fraction of sp³-hybridized carbons (Fsp3) is 0.227. The maximum Gasteiger partial charge on any atom is 0.289 e. The molecule has 0 atom stereocenters. The Bertz CT molecular complexity index is 1290. The van der Waals surface area contributed by atoms with Gasteiger partial charge in [0.15, 0.2) is 0 Å². The summed E-state index contributed by atoms with van der Waals surface area (Å²) < 4.78 is 19.4. The number of hydrogen-bond acceptors (Lipinski definition) is 6. The summed E-state index contributed by atoms with van der Waals surface area (Å²) in [6.45, 7) is 0.384. The molecule has 1 amide bonds. The normalized spacial score (nSPS) is 14.0. The average Bonchev–Trinajstić information content (AvgIpc) is 2.81. The summed E-state index contributed by atoms with van der Waals surface area (Å²) in [7, 11) is 1.34. The molecule has 3 N–H and O–H groups in total. The second-order valence-electron chi connectivity index (χ2n) is 7.37. The highest BCUT2D eigenvalue weighted by atomic mass is 19.1. The number of hydrogen-bond donors (Lipinski definition) is 3. The minimum Gasteiger partial charge on any atom is -0.468 e. The van der Waals surface area contributed by atoms with Crippen LogP contribution in [0.5, 0.6) is 0 Å². The van der Waals surface area contributed by atoms with Gasteiger partial charge in [-0.25, -0.2) is 9.49 Å². The maximum atomic E-state index is 14.5. The van der Waals surface area contributed by atoms with Crippen LogP contribution in [-0.2, 0) is 11.2 Å². The van der Waals surface area contributed by atoms with Gasteiger partial charge in [-0.3, -0.25) is 25.3 Å². The molecule has 3 aromatic rings. The lowest BCUT2D eigenvalue weighted by molar-refractivity contribution is 0.0747. The number of benzene rings is 2. The average molecular weight is 436 g/mol. The number of amidine groups is 2. The smallest absolute Gasteiger partial charge is 0.289 e. The van der Waals surface area contributed by atoms with E-state index in [1.54, 1.807) is 24.3 Å². The predicted molar refractivity (Wildman–Crippen MR) is 117 cm³/mol. The summed E-state index contributed by atoms with van der Waals surface area (Å²) in [4.78, 5) is 27.7. The van der Waals surface area contributed by atoms with Crippen LogP contribution in [0.1, 0.15) is 21.6 Å². The number of methoxy groups -OCH3 is 1. The van der Waals surface area contributed by atoms with Crippen molar-refractivity contribution in [3.8, 4) is 0 Å². The molecule has 0 bridgehead atoms. The molecule has 1 fully saturated rings. The van der Waals surface area contributed by atoms with Gasteiger partial charge in [0.1, 0.15) is 11.7 Å². The minimum atomic E-state index is -0.656.